The number of aryl methyl sites for hydroxylation is 1. The summed E-state index contributed by atoms with van der Waals surface area (Å²) in [6.07, 6.45) is 2.47. The fraction of sp³-hybridized carbons (Fsp3) is 0.357. The van der Waals surface area contributed by atoms with Crippen molar-refractivity contribution in [3.8, 4) is 0 Å². The van der Waals surface area contributed by atoms with E-state index in [2.05, 4.69) is 20.8 Å². The van der Waals surface area contributed by atoms with E-state index >= 15 is 0 Å². The van der Waals surface area contributed by atoms with Gasteiger partial charge in [-0.1, -0.05) is 5.16 Å². The molecule has 0 aliphatic carbocycles. The summed E-state index contributed by atoms with van der Waals surface area (Å²) in [5.41, 5.74) is 1.15. The number of anilines is 2. The van der Waals surface area contributed by atoms with Gasteiger partial charge in [-0.05, 0) is 25.5 Å². The van der Waals surface area contributed by atoms with Gasteiger partial charge < -0.3 is 19.9 Å². The van der Waals surface area contributed by atoms with Crippen molar-refractivity contribution >= 4 is 17.4 Å². The van der Waals surface area contributed by atoms with Crippen molar-refractivity contribution in [3.63, 3.8) is 0 Å². The number of ether oxygens (including phenoxy) is 1. The Labute approximate surface area is 122 Å². The number of carbonyl (C=O) groups is 1. The fourth-order valence-corrected chi connectivity index (χ4v) is 1.72. The van der Waals surface area contributed by atoms with Crippen molar-refractivity contribution < 1.29 is 14.1 Å². The minimum Gasteiger partial charge on any atom is -0.385 e. The molecule has 0 radical (unpaired) electrons. The normalized spacial score (nSPS) is 10.4. The molecule has 0 aliphatic heterocycles. The summed E-state index contributed by atoms with van der Waals surface area (Å²) >= 11 is 0. The highest BCUT2D eigenvalue weighted by atomic mass is 16.5. The molecule has 2 heterocycles. The third-order valence-corrected chi connectivity index (χ3v) is 2.72. The zero-order valence-corrected chi connectivity index (χ0v) is 12.0. The molecule has 0 fully saturated rings. The number of aromatic nitrogens is 2. The number of hydrogen-bond donors (Lipinski definition) is 2. The monoisotopic (exact) mass is 290 g/mol. The molecule has 2 N–H and O–H groups in total. The van der Waals surface area contributed by atoms with E-state index in [1.54, 1.807) is 32.4 Å². The maximum atomic E-state index is 12.0. The molecule has 0 bridgehead atoms. The Hall–Kier alpha value is -2.41. The second kappa shape index (κ2) is 7.39. The molecular formula is C14H18N4O3. The van der Waals surface area contributed by atoms with E-state index in [9.17, 15) is 4.79 Å². The second-order valence-electron chi connectivity index (χ2n) is 4.48. The molecule has 2 aromatic rings. The molecule has 7 nitrogen and oxygen atoms in total. The lowest BCUT2D eigenvalue weighted by Crippen LogP contribution is -2.14. The molecule has 7 heteroatoms. The molecule has 0 aromatic carbocycles. The standard InChI is InChI=1S/C14H18N4O3/c1-10-8-13(18-21-10)17-14(19)12-9-11(4-6-16-12)15-5-3-7-20-2/h4,6,8-9H,3,5,7H2,1-2H3,(H,15,16)(H,17,18,19). The Morgan fingerprint density at radius 2 is 2.29 bits per heavy atom. The Kier molecular flexibility index (Phi) is 5.28. The number of methoxy groups -OCH3 is 1. The summed E-state index contributed by atoms with van der Waals surface area (Å²) in [6.45, 7) is 3.21. The Bertz CT molecular complexity index is 597. The molecule has 21 heavy (non-hydrogen) atoms. The van der Waals surface area contributed by atoms with E-state index in [0.29, 0.717) is 23.9 Å². The number of nitrogens with zero attached hydrogens (tertiary/aromatic N) is 2. The summed E-state index contributed by atoms with van der Waals surface area (Å²) < 4.78 is 9.87. The summed E-state index contributed by atoms with van der Waals surface area (Å²) in [4.78, 5) is 16.1. The second-order valence-corrected chi connectivity index (χ2v) is 4.48. The summed E-state index contributed by atoms with van der Waals surface area (Å²) in [5, 5.41) is 9.55. The zero-order valence-electron chi connectivity index (χ0n) is 12.0. The van der Waals surface area contributed by atoms with Crippen LogP contribution < -0.4 is 10.6 Å². The first-order valence-corrected chi connectivity index (χ1v) is 6.62. The van der Waals surface area contributed by atoms with Crippen LogP contribution in [0.4, 0.5) is 11.5 Å². The molecule has 0 saturated carbocycles. The quantitative estimate of drug-likeness (QED) is 0.759. The average molecular weight is 290 g/mol. The number of carbonyl (C=O) groups excluding carboxylic acids is 1. The maximum Gasteiger partial charge on any atom is 0.275 e. The van der Waals surface area contributed by atoms with Crippen molar-refractivity contribution in [1.82, 2.24) is 10.1 Å². The van der Waals surface area contributed by atoms with Gasteiger partial charge in [0, 0.05) is 38.2 Å². The van der Waals surface area contributed by atoms with Crippen LogP contribution >= 0.6 is 0 Å². The topological polar surface area (TPSA) is 89.3 Å². The Morgan fingerprint density at radius 3 is 3.00 bits per heavy atom. The van der Waals surface area contributed by atoms with Crippen LogP contribution in [-0.4, -0.2) is 36.3 Å². The first kappa shape index (κ1) is 15.0. The van der Waals surface area contributed by atoms with E-state index in [-0.39, 0.29) is 5.91 Å². The van der Waals surface area contributed by atoms with Crippen LogP contribution in [0.1, 0.15) is 22.7 Å². The lowest BCUT2D eigenvalue weighted by atomic mass is 10.3. The highest BCUT2D eigenvalue weighted by Gasteiger charge is 2.10. The lowest BCUT2D eigenvalue weighted by Gasteiger charge is -2.07. The summed E-state index contributed by atoms with van der Waals surface area (Å²) in [7, 11) is 1.67. The average Bonchev–Trinajstić information content (AvgIpc) is 2.89. The molecule has 0 atom stereocenters. The molecule has 1 amide bonds. The molecule has 0 saturated heterocycles. The largest absolute Gasteiger partial charge is 0.385 e. The molecule has 2 aromatic heterocycles. The first-order chi connectivity index (χ1) is 10.2. The van der Waals surface area contributed by atoms with E-state index in [4.69, 9.17) is 9.26 Å². The molecule has 0 unspecified atom stereocenters. The molecular weight excluding hydrogens is 272 g/mol. The molecule has 0 aliphatic rings. The smallest absolute Gasteiger partial charge is 0.275 e. The minimum absolute atomic E-state index is 0.312. The van der Waals surface area contributed by atoms with Crippen molar-refractivity contribution in [2.75, 3.05) is 30.9 Å². The van der Waals surface area contributed by atoms with Crippen LogP contribution in [0, 0.1) is 6.92 Å². The van der Waals surface area contributed by atoms with Crippen LogP contribution in [0.25, 0.3) is 0 Å². The highest BCUT2D eigenvalue weighted by molar-refractivity contribution is 6.02. The van der Waals surface area contributed by atoms with Gasteiger partial charge in [-0.15, -0.1) is 0 Å². The molecule has 0 spiro atoms. The first-order valence-electron chi connectivity index (χ1n) is 6.62. The number of amides is 1. The van der Waals surface area contributed by atoms with Crippen LogP contribution in [0.2, 0.25) is 0 Å². The predicted octanol–water partition coefficient (Wildman–Crippen LogP) is 2.08. The fourth-order valence-electron chi connectivity index (χ4n) is 1.72. The Balaban J connectivity index is 1.94. The molecule has 112 valence electrons. The van der Waals surface area contributed by atoms with Gasteiger partial charge in [-0.25, -0.2) is 0 Å². The number of pyridine rings is 1. The van der Waals surface area contributed by atoms with Crippen molar-refractivity contribution in [1.29, 1.82) is 0 Å². The van der Waals surface area contributed by atoms with Crippen LogP contribution in [0.5, 0.6) is 0 Å². The van der Waals surface area contributed by atoms with E-state index in [1.165, 1.54) is 0 Å². The van der Waals surface area contributed by atoms with Gasteiger partial charge in [0.25, 0.3) is 5.91 Å². The van der Waals surface area contributed by atoms with Gasteiger partial charge in [0.2, 0.25) is 0 Å². The van der Waals surface area contributed by atoms with Crippen LogP contribution in [-0.2, 0) is 4.74 Å². The van der Waals surface area contributed by atoms with Gasteiger partial charge in [0.1, 0.15) is 11.5 Å². The third-order valence-electron chi connectivity index (χ3n) is 2.72. The highest BCUT2D eigenvalue weighted by Crippen LogP contribution is 2.11. The minimum atomic E-state index is -0.330. The number of nitrogens with one attached hydrogen (secondary N) is 2. The third kappa shape index (κ3) is 4.57. The number of hydrogen-bond acceptors (Lipinski definition) is 6. The van der Waals surface area contributed by atoms with E-state index in [0.717, 1.165) is 18.7 Å². The van der Waals surface area contributed by atoms with Crippen molar-refractivity contribution in [2.45, 2.75) is 13.3 Å². The summed E-state index contributed by atoms with van der Waals surface area (Å²) in [5.74, 6) is 0.674. The van der Waals surface area contributed by atoms with Crippen LogP contribution in [0.15, 0.2) is 28.9 Å². The number of rotatable bonds is 7. The van der Waals surface area contributed by atoms with Gasteiger partial charge >= 0.3 is 0 Å². The summed E-state index contributed by atoms with van der Waals surface area (Å²) in [6, 6.07) is 5.14. The Morgan fingerprint density at radius 1 is 1.43 bits per heavy atom. The van der Waals surface area contributed by atoms with E-state index in [1.807, 2.05) is 6.07 Å². The zero-order chi connectivity index (χ0) is 15.1. The van der Waals surface area contributed by atoms with Gasteiger partial charge in [-0.3, -0.25) is 9.78 Å². The SMILES string of the molecule is COCCCNc1ccnc(C(=O)Nc2cc(C)on2)c1. The van der Waals surface area contributed by atoms with Gasteiger partial charge in [-0.2, -0.15) is 0 Å². The predicted molar refractivity (Wildman–Crippen MR) is 78.4 cm³/mol. The lowest BCUT2D eigenvalue weighted by molar-refractivity contribution is 0.102. The molecule has 2 rings (SSSR count). The van der Waals surface area contributed by atoms with Gasteiger partial charge in [0.05, 0.1) is 0 Å². The maximum absolute atomic E-state index is 12.0. The van der Waals surface area contributed by atoms with Crippen molar-refractivity contribution in [3.05, 3.63) is 35.9 Å². The van der Waals surface area contributed by atoms with Crippen LogP contribution in [0.3, 0.4) is 0 Å². The van der Waals surface area contributed by atoms with Gasteiger partial charge in [0.15, 0.2) is 5.82 Å². The van der Waals surface area contributed by atoms with Crippen molar-refractivity contribution in [2.24, 2.45) is 0 Å². The van der Waals surface area contributed by atoms with E-state index < -0.39 is 0 Å².